The lowest BCUT2D eigenvalue weighted by Crippen LogP contribution is -2.30. The van der Waals surface area contributed by atoms with E-state index in [-0.39, 0.29) is 13.2 Å². The van der Waals surface area contributed by atoms with Crippen LogP contribution >= 0.6 is 0 Å². The van der Waals surface area contributed by atoms with Crippen LogP contribution in [0.15, 0.2) is 36.4 Å². The molecule has 0 amide bonds. The van der Waals surface area contributed by atoms with Crippen LogP contribution in [0, 0.1) is 0 Å². The van der Waals surface area contributed by atoms with Crippen molar-refractivity contribution in [1.29, 1.82) is 0 Å². The van der Waals surface area contributed by atoms with Crippen molar-refractivity contribution in [1.82, 2.24) is 0 Å². The SMILES string of the molecule is C=C(C)C(=O)OC(COCC)COc1cccc(OCC)c1. The maximum atomic E-state index is 11.6. The molecule has 0 N–H and O–H groups in total. The smallest absolute Gasteiger partial charge is 0.333 e. The average Bonchev–Trinajstić information content (AvgIpc) is 2.50. The Morgan fingerprint density at radius 3 is 2.41 bits per heavy atom. The van der Waals surface area contributed by atoms with Gasteiger partial charge in [-0.1, -0.05) is 12.6 Å². The lowest BCUT2D eigenvalue weighted by molar-refractivity contribution is -0.149. The molecular weight excluding hydrogens is 284 g/mol. The normalized spacial score (nSPS) is 11.6. The molecule has 0 fully saturated rings. The Hall–Kier alpha value is -2.01. The zero-order valence-corrected chi connectivity index (χ0v) is 13.5. The van der Waals surface area contributed by atoms with Crippen molar-refractivity contribution in [2.45, 2.75) is 26.9 Å². The van der Waals surface area contributed by atoms with Crippen LogP contribution in [0.3, 0.4) is 0 Å². The molecule has 0 aliphatic heterocycles. The number of hydrogen-bond donors (Lipinski definition) is 0. The topological polar surface area (TPSA) is 54.0 Å². The predicted octanol–water partition coefficient (Wildman–Crippen LogP) is 2.99. The van der Waals surface area contributed by atoms with Gasteiger partial charge in [0.1, 0.15) is 18.1 Å². The second kappa shape index (κ2) is 9.84. The van der Waals surface area contributed by atoms with Crippen molar-refractivity contribution < 1.29 is 23.7 Å². The molecule has 0 spiro atoms. The zero-order valence-electron chi connectivity index (χ0n) is 13.5. The van der Waals surface area contributed by atoms with Crippen molar-refractivity contribution >= 4 is 5.97 Å². The summed E-state index contributed by atoms with van der Waals surface area (Å²) in [6, 6.07) is 7.32. The van der Waals surface area contributed by atoms with Crippen molar-refractivity contribution in [3.05, 3.63) is 36.4 Å². The van der Waals surface area contributed by atoms with Crippen LogP contribution in [0.4, 0.5) is 0 Å². The maximum Gasteiger partial charge on any atom is 0.333 e. The highest BCUT2D eigenvalue weighted by atomic mass is 16.6. The van der Waals surface area contributed by atoms with Gasteiger partial charge in [0.25, 0.3) is 0 Å². The van der Waals surface area contributed by atoms with Gasteiger partial charge in [-0.2, -0.15) is 0 Å². The molecule has 0 aromatic heterocycles. The highest BCUT2D eigenvalue weighted by Gasteiger charge is 2.16. The molecule has 1 unspecified atom stereocenters. The van der Waals surface area contributed by atoms with Crippen molar-refractivity contribution in [3.8, 4) is 11.5 Å². The molecule has 0 saturated carbocycles. The van der Waals surface area contributed by atoms with Crippen LogP contribution in [0.2, 0.25) is 0 Å². The standard InChI is InChI=1S/C17H24O5/c1-5-19-11-16(22-17(18)13(3)4)12-21-15-9-7-8-14(10-15)20-6-2/h7-10,16H,3,5-6,11-12H2,1-2,4H3. The van der Waals surface area contributed by atoms with Crippen LogP contribution in [-0.4, -0.2) is 38.5 Å². The van der Waals surface area contributed by atoms with Gasteiger partial charge in [0.05, 0.1) is 13.2 Å². The summed E-state index contributed by atoms with van der Waals surface area (Å²) in [6.45, 7) is 10.6. The minimum Gasteiger partial charge on any atom is -0.494 e. The maximum absolute atomic E-state index is 11.6. The highest BCUT2D eigenvalue weighted by molar-refractivity contribution is 5.87. The number of carbonyl (C=O) groups excluding carboxylic acids is 1. The fourth-order valence-corrected chi connectivity index (χ4v) is 1.63. The molecule has 5 heteroatoms. The lowest BCUT2D eigenvalue weighted by atomic mass is 10.3. The summed E-state index contributed by atoms with van der Waals surface area (Å²) in [5.41, 5.74) is 0.347. The van der Waals surface area contributed by atoms with E-state index in [0.29, 0.717) is 24.5 Å². The van der Waals surface area contributed by atoms with E-state index in [1.54, 1.807) is 13.0 Å². The summed E-state index contributed by atoms with van der Waals surface area (Å²) in [6.07, 6.45) is -0.486. The van der Waals surface area contributed by atoms with E-state index in [0.717, 1.165) is 5.75 Å². The number of rotatable bonds is 10. The van der Waals surface area contributed by atoms with Crippen LogP contribution in [0.1, 0.15) is 20.8 Å². The average molecular weight is 308 g/mol. The van der Waals surface area contributed by atoms with E-state index in [1.807, 2.05) is 32.0 Å². The Labute approximate surface area is 131 Å². The van der Waals surface area contributed by atoms with Crippen LogP contribution in [0.5, 0.6) is 11.5 Å². The molecule has 122 valence electrons. The largest absolute Gasteiger partial charge is 0.494 e. The molecule has 0 radical (unpaired) electrons. The highest BCUT2D eigenvalue weighted by Crippen LogP contribution is 2.19. The molecule has 0 saturated heterocycles. The fraction of sp³-hybridized carbons (Fsp3) is 0.471. The summed E-state index contributed by atoms with van der Waals surface area (Å²) >= 11 is 0. The Morgan fingerprint density at radius 2 is 1.82 bits per heavy atom. The van der Waals surface area contributed by atoms with E-state index >= 15 is 0 Å². The molecule has 1 rings (SSSR count). The Bertz CT molecular complexity index is 484. The molecular formula is C17H24O5. The van der Waals surface area contributed by atoms with Gasteiger partial charge >= 0.3 is 5.97 Å². The van der Waals surface area contributed by atoms with Gasteiger partial charge < -0.3 is 18.9 Å². The molecule has 0 aliphatic rings. The first-order chi connectivity index (χ1) is 10.6. The molecule has 22 heavy (non-hydrogen) atoms. The molecule has 1 aromatic rings. The Kier molecular flexibility index (Phi) is 8.07. The lowest BCUT2D eigenvalue weighted by Gasteiger charge is -2.18. The van der Waals surface area contributed by atoms with Crippen molar-refractivity contribution in [3.63, 3.8) is 0 Å². The van der Waals surface area contributed by atoms with Gasteiger partial charge in [-0.05, 0) is 32.9 Å². The Morgan fingerprint density at radius 1 is 1.14 bits per heavy atom. The molecule has 0 aliphatic carbocycles. The first kappa shape index (κ1) is 18.0. The fourth-order valence-electron chi connectivity index (χ4n) is 1.63. The van der Waals surface area contributed by atoms with Crippen molar-refractivity contribution in [2.75, 3.05) is 26.4 Å². The number of carbonyl (C=O) groups is 1. The monoisotopic (exact) mass is 308 g/mol. The van der Waals surface area contributed by atoms with E-state index in [2.05, 4.69) is 6.58 Å². The quantitative estimate of drug-likeness (QED) is 0.491. The molecule has 5 nitrogen and oxygen atoms in total. The first-order valence-corrected chi connectivity index (χ1v) is 7.36. The van der Waals surface area contributed by atoms with Crippen molar-refractivity contribution in [2.24, 2.45) is 0 Å². The summed E-state index contributed by atoms with van der Waals surface area (Å²) in [4.78, 5) is 11.6. The number of ether oxygens (including phenoxy) is 4. The van der Waals surface area contributed by atoms with Gasteiger partial charge in [-0.15, -0.1) is 0 Å². The Balaban J connectivity index is 2.59. The van der Waals surface area contributed by atoms with E-state index in [9.17, 15) is 4.79 Å². The molecule has 0 heterocycles. The molecule has 0 bridgehead atoms. The summed E-state index contributed by atoms with van der Waals surface area (Å²) < 4.78 is 21.7. The molecule has 1 aromatic carbocycles. The number of benzene rings is 1. The van der Waals surface area contributed by atoms with E-state index in [4.69, 9.17) is 18.9 Å². The summed E-state index contributed by atoms with van der Waals surface area (Å²) in [5.74, 6) is 0.940. The molecule has 1 atom stereocenters. The second-order valence-corrected chi connectivity index (χ2v) is 4.69. The summed E-state index contributed by atoms with van der Waals surface area (Å²) in [5, 5.41) is 0. The third kappa shape index (κ3) is 6.63. The van der Waals surface area contributed by atoms with Crippen LogP contribution in [0.25, 0.3) is 0 Å². The first-order valence-electron chi connectivity index (χ1n) is 7.36. The van der Waals surface area contributed by atoms with E-state index in [1.165, 1.54) is 0 Å². The minimum absolute atomic E-state index is 0.203. The minimum atomic E-state index is -0.486. The number of hydrogen-bond acceptors (Lipinski definition) is 5. The van der Waals surface area contributed by atoms with Crippen LogP contribution in [-0.2, 0) is 14.3 Å². The van der Waals surface area contributed by atoms with Gasteiger partial charge in [0, 0.05) is 18.2 Å². The predicted molar refractivity (Wildman–Crippen MR) is 84.3 cm³/mol. The van der Waals surface area contributed by atoms with Gasteiger partial charge in [-0.25, -0.2) is 4.79 Å². The zero-order chi connectivity index (χ0) is 16.4. The second-order valence-electron chi connectivity index (χ2n) is 4.69. The summed E-state index contributed by atoms with van der Waals surface area (Å²) in [7, 11) is 0. The van der Waals surface area contributed by atoms with E-state index < -0.39 is 12.1 Å². The van der Waals surface area contributed by atoms with Gasteiger partial charge in [-0.3, -0.25) is 0 Å². The van der Waals surface area contributed by atoms with Gasteiger partial charge in [0.2, 0.25) is 0 Å². The third-order valence-corrected chi connectivity index (χ3v) is 2.68. The third-order valence-electron chi connectivity index (χ3n) is 2.68. The number of esters is 1. The van der Waals surface area contributed by atoms with Gasteiger partial charge in [0.15, 0.2) is 6.10 Å². The van der Waals surface area contributed by atoms with Crippen LogP contribution < -0.4 is 9.47 Å².